The Morgan fingerprint density at radius 2 is 1.83 bits per heavy atom. The molecule has 1 fully saturated rings. The molecule has 1 aliphatic rings. The van der Waals surface area contributed by atoms with Crippen LogP contribution in [-0.2, 0) is 37.6 Å². The number of ether oxygens (including phenoxy) is 1. The second-order valence-electron chi connectivity index (χ2n) is 5.94. The first-order chi connectivity index (χ1) is 13.4. The van der Waals surface area contributed by atoms with Gasteiger partial charge in [-0.3, -0.25) is 14.3 Å². The number of nitrogens with one attached hydrogen (secondary N) is 1. The lowest BCUT2D eigenvalue weighted by atomic mass is 10.2. The van der Waals surface area contributed by atoms with Gasteiger partial charge in [0, 0.05) is 11.8 Å². The number of phosphoric acid groups is 3. The first kappa shape index (κ1) is 25.2. The molecule has 2 rings (SSSR count). The Bertz CT molecular complexity index is 1060. The number of phosphoric ester groups is 1. The van der Waals surface area contributed by atoms with Gasteiger partial charge >= 0.3 is 29.2 Å². The van der Waals surface area contributed by atoms with Gasteiger partial charge in [0.15, 0.2) is 0 Å². The highest BCUT2D eigenvalue weighted by Crippen LogP contribution is 2.66. The molecular weight excluding hydrogens is 484 g/mol. The van der Waals surface area contributed by atoms with Crippen LogP contribution in [0.5, 0.6) is 0 Å². The lowest BCUT2D eigenvalue weighted by Crippen LogP contribution is -2.42. The fourth-order valence-corrected chi connectivity index (χ4v) is 5.36. The molecule has 2 unspecified atom stereocenters. The van der Waals surface area contributed by atoms with Crippen molar-refractivity contribution < 1.29 is 60.6 Å². The van der Waals surface area contributed by atoms with Crippen molar-refractivity contribution in [1.82, 2.24) is 9.55 Å². The van der Waals surface area contributed by atoms with E-state index in [1.165, 1.54) is 6.92 Å². The largest absolute Gasteiger partial charge is 0.490 e. The van der Waals surface area contributed by atoms with Gasteiger partial charge in [0.05, 0.1) is 19.1 Å². The van der Waals surface area contributed by atoms with Crippen LogP contribution in [-0.4, -0.2) is 53.0 Å². The maximum Gasteiger partial charge on any atom is 0.490 e. The Hall–Kier alpha value is -1.06. The van der Waals surface area contributed by atoms with Crippen LogP contribution in [0.2, 0.25) is 0 Å². The van der Waals surface area contributed by atoms with E-state index in [2.05, 4.69) is 13.1 Å². The summed E-state index contributed by atoms with van der Waals surface area (Å²) in [5.74, 6) is -2.99. The van der Waals surface area contributed by atoms with Crippen molar-refractivity contribution in [3.05, 3.63) is 32.6 Å². The minimum atomic E-state index is -5.76. The molecule has 1 aromatic rings. The number of aliphatic hydroxyl groups excluding tert-OH is 1. The van der Waals surface area contributed by atoms with Gasteiger partial charge in [-0.05, 0) is 6.92 Å². The van der Waals surface area contributed by atoms with E-state index in [0.29, 0.717) is 4.57 Å². The minimum absolute atomic E-state index is 0.0681. The van der Waals surface area contributed by atoms with Crippen LogP contribution in [0, 0.1) is 6.92 Å². The average Bonchev–Trinajstić information content (AvgIpc) is 2.80. The van der Waals surface area contributed by atoms with Gasteiger partial charge < -0.3 is 29.4 Å². The molecule has 1 aromatic heterocycles. The summed E-state index contributed by atoms with van der Waals surface area (Å²) in [6.45, 7) is 0.129. The normalized spacial score (nSPS) is 28.8. The predicted octanol–water partition coefficient (Wildman–Crippen LogP) is -1.08. The number of aryl methyl sites for hydroxylation is 1. The van der Waals surface area contributed by atoms with Gasteiger partial charge in [0.1, 0.15) is 6.10 Å². The molecule has 6 N–H and O–H groups in total. The van der Waals surface area contributed by atoms with E-state index >= 15 is 4.39 Å². The van der Waals surface area contributed by atoms with E-state index in [-0.39, 0.29) is 5.56 Å². The Morgan fingerprint density at radius 1 is 1.23 bits per heavy atom. The van der Waals surface area contributed by atoms with Crippen LogP contribution in [0.1, 0.15) is 12.0 Å². The first-order valence-corrected chi connectivity index (χ1v) is 12.1. The minimum Gasteiger partial charge on any atom is -0.390 e. The van der Waals surface area contributed by atoms with Crippen molar-refractivity contribution in [3.8, 4) is 0 Å². The van der Waals surface area contributed by atoms with Crippen LogP contribution < -0.4 is 11.2 Å². The van der Waals surface area contributed by atoms with Crippen molar-refractivity contribution in [2.24, 2.45) is 0 Å². The summed E-state index contributed by atoms with van der Waals surface area (Å²) in [5, 5.41) is 9.91. The van der Waals surface area contributed by atoms with E-state index in [1.807, 2.05) is 4.98 Å². The van der Waals surface area contributed by atoms with Crippen LogP contribution >= 0.6 is 23.5 Å². The lowest BCUT2D eigenvalue weighted by molar-refractivity contribution is -0.204. The third kappa shape index (κ3) is 6.47. The van der Waals surface area contributed by atoms with Gasteiger partial charge in [-0.1, -0.05) is 0 Å². The summed E-state index contributed by atoms with van der Waals surface area (Å²) in [4.78, 5) is 60.3. The van der Waals surface area contributed by atoms with Crippen LogP contribution in [0.4, 0.5) is 4.39 Å². The smallest absolute Gasteiger partial charge is 0.390 e. The monoisotopic (exact) mass is 500 g/mol. The van der Waals surface area contributed by atoms with E-state index in [9.17, 15) is 33.3 Å². The number of aliphatic hydroxyl groups is 1. The molecule has 172 valence electrons. The quantitative estimate of drug-likeness (QED) is 0.233. The average molecular weight is 500 g/mol. The molecule has 0 amide bonds. The maximum atomic E-state index is 15.0. The number of rotatable bonds is 8. The zero-order valence-electron chi connectivity index (χ0n) is 14.7. The Balaban J connectivity index is 2.10. The number of H-pyrrole nitrogens is 1. The number of aromatic amines is 1. The highest BCUT2D eigenvalue weighted by Gasteiger charge is 2.50. The van der Waals surface area contributed by atoms with Gasteiger partial charge in [-0.25, -0.2) is 23.1 Å². The highest BCUT2D eigenvalue weighted by atomic mass is 31.3. The number of hydrogen-bond donors (Lipinski definition) is 6. The highest BCUT2D eigenvalue weighted by molar-refractivity contribution is 7.66. The third-order valence-corrected chi connectivity index (χ3v) is 7.32. The lowest BCUT2D eigenvalue weighted by Gasteiger charge is -2.23. The molecule has 0 radical (unpaired) electrons. The van der Waals surface area contributed by atoms with E-state index in [1.54, 1.807) is 0 Å². The standard InChI is InChI=1S/C10H16FN2O14P3/c1-5-3-13(9(16)12-8(5)15)10(11)2-6(14)7(25-10)4-24-29(20,21)27-30(22,23)26-28(17,18)19/h3,6-7,14H,2,4H2,1H3,(H,20,21)(H,22,23)(H,12,15,16)(H2,17,18,19)/t6-,7+,10-/m0/s1. The number of hydrogen-bond acceptors (Lipinski definition) is 10. The van der Waals surface area contributed by atoms with Crippen LogP contribution in [0.25, 0.3) is 0 Å². The summed E-state index contributed by atoms with van der Waals surface area (Å²) in [6.07, 6.45) is -3.48. The van der Waals surface area contributed by atoms with Crippen molar-refractivity contribution in [2.75, 3.05) is 6.61 Å². The van der Waals surface area contributed by atoms with E-state index in [4.69, 9.17) is 19.4 Å². The summed E-state index contributed by atoms with van der Waals surface area (Å²) in [6, 6.07) is 0. The molecule has 0 spiro atoms. The van der Waals surface area contributed by atoms with Crippen molar-refractivity contribution in [2.45, 2.75) is 31.5 Å². The topological polar surface area (TPSA) is 244 Å². The second-order valence-corrected chi connectivity index (χ2v) is 10.4. The molecule has 1 saturated heterocycles. The summed E-state index contributed by atoms with van der Waals surface area (Å²) in [5.41, 5.74) is -2.07. The molecule has 1 aliphatic heterocycles. The zero-order valence-corrected chi connectivity index (χ0v) is 17.4. The molecular formula is C10H16FN2O14P3. The molecule has 0 saturated carbocycles. The molecule has 16 nitrogen and oxygen atoms in total. The van der Waals surface area contributed by atoms with Gasteiger partial charge in [0.2, 0.25) is 0 Å². The number of aromatic nitrogens is 2. The Kier molecular flexibility index (Phi) is 7.11. The van der Waals surface area contributed by atoms with Crippen molar-refractivity contribution >= 4 is 23.5 Å². The van der Waals surface area contributed by atoms with E-state index in [0.717, 1.165) is 6.20 Å². The Labute approximate surface area is 165 Å². The molecule has 30 heavy (non-hydrogen) atoms. The maximum absolute atomic E-state index is 15.0. The summed E-state index contributed by atoms with van der Waals surface area (Å²) >= 11 is 0. The zero-order chi connectivity index (χ0) is 23.1. The first-order valence-electron chi connectivity index (χ1n) is 7.59. The molecule has 2 heterocycles. The van der Waals surface area contributed by atoms with Crippen LogP contribution in [0.15, 0.2) is 15.8 Å². The number of halogens is 1. The fourth-order valence-electron chi connectivity index (χ4n) is 2.33. The predicted molar refractivity (Wildman–Crippen MR) is 90.5 cm³/mol. The second kappa shape index (κ2) is 8.47. The SMILES string of the molecule is Cc1cn([C@@]2(F)C[C@H](O)[C@@H](COP(=O)(O)OP(=O)(O)OP(=O)(O)O)O2)c(=O)[nH]c1=O. The third-order valence-electron chi connectivity index (χ3n) is 3.52. The van der Waals surface area contributed by atoms with Gasteiger partial charge in [0.25, 0.3) is 11.5 Å². The number of nitrogens with zero attached hydrogens (tertiary/aromatic N) is 1. The fraction of sp³-hybridized carbons (Fsp3) is 0.600. The van der Waals surface area contributed by atoms with E-state index < -0.39 is 65.9 Å². The molecule has 0 aromatic carbocycles. The molecule has 0 aliphatic carbocycles. The summed E-state index contributed by atoms with van der Waals surface area (Å²) in [7, 11) is -16.9. The van der Waals surface area contributed by atoms with Crippen molar-refractivity contribution in [1.29, 1.82) is 0 Å². The van der Waals surface area contributed by atoms with Gasteiger partial charge in [-0.15, -0.1) is 0 Å². The Morgan fingerprint density at radius 3 is 2.40 bits per heavy atom. The molecule has 0 bridgehead atoms. The molecule has 5 atom stereocenters. The van der Waals surface area contributed by atoms with Gasteiger partial charge in [-0.2, -0.15) is 13.0 Å². The number of alkyl halides is 1. The van der Waals surface area contributed by atoms with Crippen molar-refractivity contribution in [3.63, 3.8) is 0 Å². The summed E-state index contributed by atoms with van der Waals surface area (Å²) < 4.78 is 64.9. The van der Waals surface area contributed by atoms with Crippen LogP contribution in [0.3, 0.4) is 0 Å². The molecule has 20 heteroatoms.